The van der Waals surface area contributed by atoms with Crippen molar-refractivity contribution < 1.29 is 0 Å². The summed E-state index contributed by atoms with van der Waals surface area (Å²) in [5, 5.41) is 9.06. The largest absolute Gasteiger partial charge is 0.366 e. The fourth-order valence-corrected chi connectivity index (χ4v) is 2.14. The van der Waals surface area contributed by atoms with Crippen LogP contribution in [-0.4, -0.2) is 29.8 Å². The molecule has 0 bridgehead atoms. The van der Waals surface area contributed by atoms with Crippen molar-refractivity contribution in [2.24, 2.45) is 0 Å². The zero-order valence-electron chi connectivity index (χ0n) is 10.5. The van der Waals surface area contributed by atoms with E-state index in [-0.39, 0.29) is 16.7 Å². The van der Waals surface area contributed by atoms with Gasteiger partial charge in [0.1, 0.15) is 5.82 Å². The maximum Gasteiger partial charge on any atom is 0.366 e. The molecule has 3 heterocycles. The lowest BCUT2D eigenvalue weighted by Gasteiger charge is -2.28. The Hall–Kier alpha value is -2.51. The molecule has 0 aromatic carbocycles. The van der Waals surface area contributed by atoms with Gasteiger partial charge >= 0.3 is 5.69 Å². The van der Waals surface area contributed by atoms with Gasteiger partial charge in [-0.25, -0.2) is 14.9 Å². The number of nitrogens with one attached hydrogen (secondary N) is 1. The van der Waals surface area contributed by atoms with Gasteiger partial charge in [-0.3, -0.25) is 9.36 Å². The van der Waals surface area contributed by atoms with Gasteiger partial charge in [0.25, 0.3) is 5.56 Å². The average Bonchev–Trinajstić information content (AvgIpc) is 2.76. The van der Waals surface area contributed by atoms with Crippen LogP contribution in [0.5, 0.6) is 0 Å². The molecule has 0 fully saturated rings. The van der Waals surface area contributed by atoms with Gasteiger partial charge in [0.05, 0.1) is 6.20 Å². The summed E-state index contributed by atoms with van der Waals surface area (Å²) in [5.74, 6) is 0.667. The molecule has 3 rings (SSSR count). The summed E-state index contributed by atoms with van der Waals surface area (Å²) in [5.41, 5.74) is -1.06. The number of fused-ring (bicyclic) bond motifs is 1. The second kappa shape index (κ2) is 3.74. The maximum atomic E-state index is 12.4. The van der Waals surface area contributed by atoms with Gasteiger partial charge in [-0.15, -0.1) is 0 Å². The average molecular weight is 260 g/mol. The molecule has 8 heteroatoms. The molecule has 0 aliphatic carbocycles. The summed E-state index contributed by atoms with van der Waals surface area (Å²) in [4.78, 5) is 28.1. The molecular formula is C11H12N6O2. The number of H-pyrrole nitrogens is 1. The first-order chi connectivity index (χ1) is 9.00. The molecule has 2 aromatic rings. The topological polar surface area (TPSA) is 98.5 Å². The minimum atomic E-state index is -0.571. The minimum Gasteiger partial charge on any atom is -0.270 e. The fraction of sp³-hybridized carbons (Fsp3) is 0.364. The summed E-state index contributed by atoms with van der Waals surface area (Å²) in [6.07, 6.45) is 5.75. The number of tetrazole rings is 1. The monoisotopic (exact) mass is 260 g/mol. The number of hydrogen-bond donors (Lipinski definition) is 1. The van der Waals surface area contributed by atoms with Crippen molar-refractivity contribution in [2.75, 3.05) is 0 Å². The van der Waals surface area contributed by atoms with E-state index in [9.17, 15) is 9.59 Å². The highest BCUT2D eigenvalue weighted by atomic mass is 16.2. The first-order valence-corrected chi connectivity index (χ1v) is 5.80. The van der Waals surface area contributed by atoms with E-state index in [1.807, 2.05) is 19.9 Å². The number of aromatic amines is 1. The van der Waals surface area contributed by atoms with Gasteiger partial charge in [0.2, 0.25) is 0 Å². The van der Waals surface area contributed by atoms with E-state index in [1.165, 1.54) is 10.8 Å². The van der Waals surface area contributed by atoms with Crippen LogP contribution >= 0.6 is 0 Å². The third kappa shape index (κ3) is 1.64. The lowest BCUT2D eigenvalue weighted by molar-refractivity contribution is 0.470. The van der Waals surface area contributed by atoms with Gasteiger partial charge in [-0.05, 0) is 16.8 Å². The highest BCUT2D eigenvalue weighted by molar-refractivity contribution is 5.37. The highest BCUT2D eigenvalue weighted by Crippen LogP contribution is 2.28. The molecule has 1 aliphatic rings. The summed E-state index contributed by atoms with van der Waals surface area (Å²) in [7, 11) is 0. The molecule has 1 N–H and O–H groups in total. The predicted molar refractivity (Wildman–Crippen MR) is 67.0 cm³/mol. The van der Waals surface area contributed by atoms with Crippen LogP contribution < -0.4 is 11.2 Å². The van der Waals surface area contributed by atoms with Crippen LogP contribution in [0.1, 0.15) is 26.1 Å². The number of nitrogens with zero attached hydrogens (tertiary/aromatic N) is 5. The quantitative estimate of drug-likeness (QED) is 0.756. The van der Waals surface area contributed by atoms with Crippen LogP contribution in [0.4, 0.5) is 0 Å². The molecule has 0 radical (unpaired) electrons. The molecule has 0 amide bonds. The van der Waals surface area contributed by atoms with Gasteiger partial charge < -0.3 is 0 Å². The first-order valence-electron chi connectivity index (χ1n) is 5.80. The SMILES string of the molecule is CC1(C)CC=Cn2c1ncc(-n1nn[nH]c1=O)c2=O. The van der Waals surface area contributed by atoms with Crippen LogP contribution in [-0.2, 0) is 5.41 Å². The van der Waals surface area contributed by atoms with Crippen LogP contribution in [0.15, 0.2) is 21.9 Å². The van der Waals surface area contributed by atoms with Gasteiger partial charge in [-0.2, -0.15) is 4.68 Å². The molecule has 0 spiro atoms. The molecule has 2 aromatic heterocycles. The van der Waals surface area contributed by atoms with Gasteiger partial charge in [0, 0.05) is 11.6 Å². The Bertz CT molecular complexity index is 779. The zero-order chi connectivity index (χ0) is 13.6. The highest BCUT2D eigenvalue weighted by Gasteiger charge is 2.28. The lowest BCUT2D eigenvalue weighted by Crippen LogP contribution is -2.36. The Morgan fingerprint density at radius 1 is 1.37 bits per heavy atom. The fourth-order valence-electron chi connectivity index (χ4n) is 2.14. The van der Waals surface area contributed by atoms with E-state index < -0.39 is 5.69 Å². The summed E-state index contributed by atoms with van der Waals surface area (Å²) in [6, 6.07) is 0. The number of hydrogen-bond acceptors (Lipinski definition) is 5. The number of aromatic nitrogens is 6. The second-order valence-electron chi connectivity index (χ2n) is 5.03. The third-order valence-electron chi connectivity index (χ3n) is 3.16. The first kappa shape index (κ1) is 11.6. The minimum absolute atomic E-state index is 0.0739. The van der Waals surface area contributed by atoms with E-state index >= 15 is 0 Å². The Kier molecular flexibility index (Phi) is 2.28. The van der Waals surface area contributed by atoms with Crippen molar-refractivity contribution in [2.45, 2.75) is 25.7 Å². The van der Waals surface area contributed by atoms with Crippen LogP contribution in [0, 0.1) is 0 Å². The Morgan fingerprint density at radius 3 is 2.84 bits per heavy atom. The molecule has 8 nitrogen and oxygen atoms in total. The molecule has 0 saturated heterocycles. The van der Waals surface area contributed by atoms with Crippen molar-refractivity contribution in [3.8, 4) is 5.69 Å². The van der Waals surface area contributed by atoms with Gasteiger partial charge in [-0.1, -0.05) is 19.9 Å². The van der Waals surface area contributed by atoms with Crippen molar-refractivity contribution in [1.29, 1.82) is 0 Å². The maximum absolute atomic E-state index is 12.4. The molecular weight excluding hydrogens is 248 g/mol. The molecule has 0 unspecified atom stereocenters. The molecule has 0 atom stereocenters. The number of rotatable bonds is 1. The van der Waals surface area contributed by atoms with Crippen LogP contribution in [0.2, 0.25) is 0 Å². The van der Waals surface area contributed by atoms with Crippen LogP contribution in [0.25, 0.3) is 11.9 Å². The van der Waals surface area contributed by atoms with E-state index in [4.69, 9.17) is 0 Å². The van der Waals surface area contributed by atoms with Crippen molar-refractivity contribution in [3.05, 3.63) is 38.9 Å². The normalized spacial score (nSPS) is 16.3. The van der Waals surface area contributed by atoms with Gasteiger partial charge in [0.15, 0.2) is 5.69 Å². The second-order valence-corrected chi connectivity index (χ2v) is 5.03. The summed E-state index contributed by atoms with van der Waals surface area (Å²) < 4.78 is 2.35. The molecule has 98 valence electrons. The standard InChI is InChI=1S/C11H12N6O2/c1-11(2)4-3-5-16-8(18)7(6-12-9(11)16)17-10(19)13-14-15-17/h3,5-6H,4H2,1-2H3,(H,13,15,19). The summed E-state index contributed by atoms with van der Waals surface area (Å²) in [6.45, 7) is 4.02. The van der Waals surface area contributed by atoms with Crippen molar-refractivity contribution in [3.63, 3.8) is 0 Å². The molecule has 1 aliphatic heterocycles. The Labute approximate surface area is 107 Å². The van der Waals surface area contributed by atoms with E-state index in [1.54, 1.807) is 6.20 Å². The van der Waals surface area contributed by atoms with E-state index in [2.05, 4.69) is 20.5 Å². The molecule has 19 heavy (non-hydrogen) atoms. The molecule has 0 saturated carbocycles. The smallest absolute Gasteiger partial charge is 0.270 e. The third-order valence-corrected chi connectivity index (χ3v) is 3.16. The predicted octanol–water partition coefficient (Wildman–Crippen LogP) is -0.336. The van der Waals surface area contributed by atoms with Crippen LogP contribution in [0.3, 0.4) is 0 Å². The zero-order valence-corrected chi connectivity index (χ0v) is 10.5. The number of allylic oxidation sites excluding steroid dienone is 1. The Morgan fingerprint density at radius 2 is 2.16 bits per heavy atom. The Balaban J connectivity index is 2.30. The van der Waals surface area contributed by atoms with E-state index in [0.717, 1.165) is 11.1 Å². The van der Waals surface area contributed by atoms with Crippen molar-refractivity contribution >= 4 is 6.20 Å². The summed E-state index contributed by atoms with van der Waals surface area (Å²) >= 11 is 0. The van der Waals surface area contributed by atoms with E-state index in [0.29, 0.717) is 5.82 Å². The van der Waals surface area contributed by atoms with Crippen molar-refractivity contribution in [1.82, 2.24) is 29.8 Å². The lowest BCUT2D eigenvalue weighted by atomic mass is 9.86.